The van der Waals surface area contributed by atoms with Gasteiger partial charge < -0.3 is 20.4 Å². The molecular formula is C31H39N3O3. The van der Waals surface area contributed by atoms with Crippen molar-refractivity contribution < 1.29 is 14.3 Å². The van der Waals surface area contributed by atoms with E-state index in [1.54, 1.807) is 6.92 Å². The fraction of sp³-hybridized carbons (Fsp3) is 0.484. The number of H-pyrrole nitrogens is 1. The predicted molar refractivity (Wildman–Crippen MR) is 146 cm³/mol. The normalized spacial score (nSPS) is 25.5. The Morgan fingerprint density at radius 1 is 1.08 bits per heavy atom. The largest absolute Gasteiger partial charge is 0.433 e. The molecule has 1 heterocycles. The van der Waals surface area contributed by atoms with E-state index >= 15 is 0 Å². The van der Waals surface area contributed by atoms with E-state index < -0.39 is 11.7 Å². The van der Waals surface area contributed by atoms with Gasteiger partial charge in [0.15, 0.2) is 5.60 Å². The molecule has 196 valence electrons. The molecule has 2 saturated carbocycles. The molecule has 3 aromatic rings. The van der Waals surface area contributed by atoms with Crippen LogP contribution in [0.5, 0.6) is 0 Å². The number of amides is 2. The van der Waals surface area contributed by atoms with Gasteiger partial charge in [0.1, 0.15) is 0 Å². The van der Waals surface area contributed by atoms with E-state index in [0.29, 0.717) is 18.9 Å². The average Bonchev–Trinajstić information content (AvgIpc) is 3.43. The number of para-hydroxylation sites is 1. The van der Waals surface area contributed by atoms with Gasteiger partial charge in [0.25, 0.3) is 5.91 Å². The van der Waals surface area contributed by atoms with E-state index in [1.807, 2.05) is 60.8 Å². The van der Waals surface area contributed by atoms with E-state index in [9.17, 15) is 9.59 Å². The Labute approximate surface area is 219 Å². The first-order chi connectivity index (χ1) is 17.6. The zero-order valence-electron chi connectivity index (χ0n) is 22.4. The molecule has 2 bridgehead atoms. The summed E-state index contributed by atoms with van der Waals surface area (Å²) >= 11 is 0. The van der Waals surface area contributed by atoms with Crippen molar-refractivity contribution in [2.45, 2.75) is 71.4 Å². The fourth-order valence-electron chi connectivity index (χ4n) is 6.75. The summed E-state index contributed by atoms with van der Waals surface area (Å²) in [5.74, 6) is 0.310. The lowest BCUT2D eigenvalue weighted by Crippen LogP contribution is -2.54. The Hall–Kier alpha value is -3.28. The van der Waals surface area contributed by atoms with Gasteiger partial charge in [-0.3, -0.25) is 4.79 Å². The van der Waals surface area contributed by atoms with E-state index in [4.69, 9.17) is 4.74 Å². The van der Waals surface area contributed by atoms with Crippen molar-refractivity contribution >= 4 is 22.9 Å². The van der Waals surface area contributed by atoms with Crippen LogP contribution in [0.1, 0.15) is 58.1 Å². The molecule has 0 radical (unpaired) electrons. The summed E-state index contributed by atoms with van der Waals surface area (Å²) in [4.78, 5) is 30.1. The molecule has 0 aliphatic heterocycles. The number of ether oxygens (including phenoxy) is 1. The number of rotatable bonds is 8. The minimum Gasteiger partial charge on any atom is -0.433 e. The summed E-state index contributed by atoms with van der Waals surface area (Å²) in [6.07, 6.45) is 5.63. The number of aromatic amines is 1. The number of fused-ring (bicyclic) bond motifs is 3. The molecule has 2 aliphatic rings. The van der Waals surface area contributed by atoms with Crippen LogP contribution in [-0.2, 0) is 22.4 Å². The number of aromatic nitrogens is 1. The van der Waals surface area contributed by atoms with Crippen LogP contribution < -0.4 is 10.6 Å². The third kappa shape index (κ3) is 4.62. The topological polar surface area (TPSA) is 83.2 Å². The first-order valence-electron chi connectivity index (χ1n) is 13.5. The van der Waals surface area contributed by atoms with Gasteiger partial charge in [-0.2, -0.15) is 0 Å². The highest BCUT2D eigenvalue weighted by Crippen LogP contribution is 2.65. The number of hydrogen-bond donors (Lipinski definition) is 3. The van der Waals surface area contributed by atoms with Crippen molar-refractivity contribution in [1.29, 1.82) is 0 Å². The smallest absolute Gasteiger partial charge is 0.408 e. The summed E-state index contributed by atoms with van der Waals surface area (Å²) in [6, 6.07) is 18.1. The molecule has 4 unspecified atom stereocenters. The van der Waals surface area contributed by atoms with Gasteiger partial charge in [-0.05, 0) is 66.5 Å². The van der Waals surface area contributed by atoms with Crippen molar-refractivity contribution in [3.8, 4) is 0 Å². The maximum absolute atomic E-state index is 13.6. The van der Waals surface area contributed by atoms with Crippen LogP contribution in [0.3, 0.4) is 0 Å². The van der Waals surface area contributed by atoms with Gasteiger partial charge in [0, 0.05) is 36.1 Å². The van der Waals surface area contributed by atoms with Gasteiger partial charge in [0.05, 0.1) is 0 Å². The molecule has 2 fully saturated rings. The van der Waals surface area contributed by atoms with Crippen molar-refractivity contribution in [3.63, 3.8) is 0 Å². The maximum Gasteiger partial charge on any atom is 0.408 e. The molecule has 5 rings (SSSR count). The Morgan fingerprint density at radius 2 is 1.81 bits per heavy atom. The van der Waals surface area contributed by atoms with Crippen molar-refractivity contribution in [1.82, 2.24) is 15.6 Å². The number of carbonyl (C=O) groups excluding carboxylic acids is 2. The van der Waals surface area contributed by atoms with Crippen LogP contribution in [0.15, 0.2) is 60.8 Å². The second-order valence-electron chi connectivity index (χ2n) is 12.0. The van der Waals surface area contributed by atoms with Gasteiger partial charge in [0.2, 0.25) is 0 Å². The fourth-order valence-corrected chi connectivity index (χ4v) is 6.75. The summed E-state index contributed by atoms with van der Waals surface area (Å²) < 4.78 is 6.03. The molecule has 37 heavy (non-hydrogen) atoms. The predicted octanol–water partition coefficient (Wildman–Crippen LogP) is 5.77. The third-order valence-corrected chi connectivity index (χ3v) is 9.63. The second kappa shape index (κ2) is 9.55. The summed E-state index contributed by atoms with van der Waals surface area (Å²) in [6.45, 7) is 9.11. The molecule has 3 N–H and O–H groups in total. The third-order valence-electron chi connectivity index (χ3n) is 9.63. The molecule has 4 atom stereocenters. The average molecular weight is 502 g/mol. The highest BCUT2D eigenvalue weighted by atomic mass is 16.6. The molecule has 2 aliphatic carbocycles. The second-order valence-corrected chi connectivity index (χ2v) is 12.0. The highest BCUT2D eigenvalue weighted by molar-refractivity contribution is 5.89. The van der Waals surface area contributed by atoms with Crippen molar-refractivity contribution in [2.75, 3.05) is 6.54 Å². The number of nitrogens with one attached hydrogen (secondary N) is 3. The van der Waals surface area contributed by atoms with Crippen LogP contribution in [0, 0.1) is 16.7 Å². The highest BCUT2D eigenvalue weighted by Gasteiger charge is 2.61. The standard InChI is InChI=1S/C31H39N3O3/c1-29(2)23-14-16-30(29,3)26(18-23)34-28(36)37-31(4,19-22-20-33-25-13-9-8-12-24(22)25)27(35)32-17-15-21-10-6-5-7-11-21/h5-13,20,23,26,33H,14-19H2,1-4H3,(H,32,35)(H,34,36). The molecule has 6 heteroatoms. The molecule has 2 amide bonds. The SMILES string of the molecule is CC(Cc1c[nH]c2ccccc12)(OC(=O)NC1CC2CCC1(C)C2(C)C)C(=O)NCCc1ccccc1. The summed E-state index contributed by atoms with van der Waals surface area (Å²) in [5, 5.41) is 7.22. The van der Waals surface area contributed by atoms with E-state index in [0.717, 1.165) is 34.9 Å². The van der Waals surface area contributed by atoms with E-state index in [2.05, 4.69) is 36.4 Å². The van der Waals surface area contributed by atoms with Gasteiger partial charge >= 0.3 is 6.09 Å². The lowest BCUT2D eigenvalue weighted by atomic mass is 9.69. The van der Waals surface area contributed by atoms with Gasteiger partial charge in [-0.25, -0.2) is 4.79 Å². The monoisotopic (exact) mass is 501 g/mol. The summed E-state index contributed by atoms with van der Waals surface area (Å²) in [7, 11) is 0. The van der Waals surface area contributed by atoms with E-state index in [1.165, 1.54) is 6.42 Å². The lowest BCUT2D eigenvalue weighted by molar-refractivity contribution is -0.138. The van der Waals surface area contributed by atoms with Gasteiger partial charge in [-0.1, -0.05) is 69.3 Å². The number of alkyl carbamates (subject to hydrolysis) is 1. The zero-order valence-corrected chi connectivity index (χ0v) is 22.4. The molecule has 1 aromatic heterocycles. The molecule has 0 saturated heterocycles. The Morgan fingerprint density at radius 3 is 2.51 bits per heavy atom. The Balaban J connectivity index is 1.32. The van der Waals surface area contributed by atoms with Crippen LogP contribution in [0.2, 0.25) is 0 Å². The minimum atomic E-state index is -1.36. The molecular weight excluding hydrogens is 462 g/mol. The van der Waals surface area contributed by atoms with Crippen LogP contribution in [0.25, 0.3) is 10.9 Å². The number of benzene rings is 2. The van der Waals surface area contributed by atoms with Crippen LogP contribution in [-0.4, -0.2) is 35.2 Å². The first-order valence-corrected chi connectivity index (χ1v) is 13.5. The number of carbonyl (C=O) groups is 2. The summed E-state index contributed by atoms with van der Waals surface area (Å²) in [5.41, 5.74) is 1.92. The van der Waals surface area contributed by atoms with Crippen LogP contribution >= 0.6 is 0 Å². The minimum absolute atomic E-state index is 0.0296. The van der Waals surface area contributed by atoms with Gasteiger partial charge in [-0.15, -0.1) is 0 Å². The van der Waals surface area contributed by atoms with Crippen LogP contribution in [0.4, 0.5) is 4.79 Å². The maximum atomic E-state index is 13.6. The quantitative estimate of drug-likeness (QED) is 0.366. The van der Waals surface area contributed by atoms with Crippen molar-refractivity contribution in [2.24, 2.45) is 16.7 Å². The zero-order chi connectivity index (χ0) is 26.3. The Bertz CT molecular complexity index is 1280. The first kappa shape index (κ1) is 25.4. The molecule has 2 aromatic carbocycles. The number of hydrogen-bond acceptors (Lipinski definition) is 3. The van der Waals surface area contributed by atoms with Crippen molar-refractivity contribution in [3.05, 3.63) is 71.9 Å². The van der Waals surface area contributed by atoms with E-state index in [-0.39, 0.29) is 29.2 Å². The molecule has 0 spiro atoms. The Kier molecular flexibility index (Phi) is 6.55. The lowest BCUT2D eigenvalue weighted by Gasteiger charge is -2.39. The molecule has 6 nitrogen and oxygen atoms in total.